The monoisotopic (exact) mass is 575 g/mol. The second-order valence-electron chi connectivity index (χ2n) is 10.8. The van der Waals surface area contributed by atoms with Crippen LogP contribution in [-0.2, 0) is 32.0 Å². The molecule has 0 aliphatic rings. The summed E-state index contributed by atoms with van der Waals surface area (Å²) in [7, 11) is 0. The van der Waals surface area contributed by atoms with E-state index in [1.165, 1.54) is 12.5 Å². The van der Waals surface area contributed by atoms with E-state index in [2.05, 4.69) is 20.7 Å². The van der Waals surface area contributed by atoms with E-state index >= 15 is 0 Å². The number of benzene rings is 1. The maximum Gasteiger partial charge on any atom is 0.425 e. The van der Waals surface area contributed by atoms with Crippen molar-refractivity contribution < 1.29 is 39.2 Å². The topological polar surface area (TPSA) is 194 Å². The van der Waals surface area contributed by atoms with Gasteiger partial charge >= 0.3 is 18.0 Å². The highest BCUT2D eigenvalue weighted by Crippen LogP contribution is 2.18. The van der Waals surface area contributed by atoms with Crippen LogP contribution in [0, 0.1) is 0 Å². The number of carbonyl (C=O) groups is 4. The predicted molar refractivity (Wildman–Crippen MR) is 149 cm³/mol. The minimum absolute atomic E-state index is 0.0369. The molecule has 2 amide bonds. The zero-order chi connectivity index (χ0) is 30.6. The third-order valence-corrected chi connectivity index (χ3v) is 6.09. The van der Waals surface area contributed by atoms with Crippen molar-refractivity contribution in [3.63, 3.8) is 0 Å². The fourth-order valence-electron chi connectivity index (χ4n) is 4.07. The highest BCUT2D eigenvalue weighted by molar-refractivity contribution is 5.89. The number of aliphatic carboxylic acids is 2. The molecule has 0 fully saturated rings. The normalized spacial score (nSPS) is 14.4. The number of carbonyl (C=O) groups excluding carboxylic acids is 2. The lowest BCUT2D eigenvalue weighted by Crippen LogP contribution is -2.63. The zero-order valence-corrected chi connectivity index (χ0v) is 23.9. The minimum Gasteiger partial charge on any atom is -0.481 e. The first kappa shape index (κ1) is 33.2. The Kier molecular flexibility index (Phi) is 12.7. The van der Waals surface area contributed by atoms with Crippen molar-refractivity contribution in [3.05, 3.63) is 54.1 Å². The van der Waals surface area contributed by atoms with Crippen molar-refractivity contribution in [1.29, 1.82) is 0 Å². The molecule has 0 saturated heterocycles. The maximum atomic E-state index is 13.8. The highest BCUT2D eigenvalue weighted by Gasteiger charge is 2.38. The van der Waals surface area contributed by atoms with E-state index in [4.69, 9.17) is 4.74 Å². The molecule has 1 aromatic heterocycles. The van der Waals surface area contributed by atoms with Crippen molar-refractivity contribution >= 4 is 23.9 Å². The molecule has 0 bridgehead atoms. The Morgan fingerprint density at radius 3 is 2.32 bits per heavy atom. The molecule has 13 heteroatoms. The standard InChI is InChI=1S/C28H41N5O8/c1-5-6-12-20(23(34)15-24(35)36)32-33(27(40)41-28(2,3)4)22(13-18-10-8-7-9-11-18)25(37)31-21(26(38)39)14-19-16-29-17-30-19/h7-11,16-17,20-23,32,34H,5-6,12-15H2,1-4H3,(H,29,30)(H,31,37)(H,35,36)(H,38,39)/t20-,21-,22-,23-/m0/s1. The van der Waals surface area contributed by atoms with Crippen LogP contribution in [0.1, 0.15) is 64.6 Å². The maximum absolute atomic E-state index is 13.8. The number of carboxylic acid groups (broad SMARTS) is 2. The fourth-order valence-corrected chi connectivity index (χ4v) is 4.07. The van der Waals surface area contributed by atoms with Gasteiger partial charge in [0.15, 0.2) is 0 Å². The number of nitrogens with zero attached hydrogens (tertiary/aromatic N) is 2. The lowest BCUT2D eigenvalue weighted by Gasteiger charge is -2.37. The molecular weight excluding hydrogens is 534 g/mol. The van der Waals surface area contributed by atoms with E-state index in [9.17, 15) is 34.5 Å². The molecule has 0 unspecified atom stereocenters. The third-order valence-electron chi connectivity index (χ3n) is 6.09. The quantitative estimate of drug-likeness (QED) is 0.162. The molecule has 4 atom stereocenters. The second kappa shape index (κ2) is 15.7. The number of nitrogens with one attached hydrogen (secondary N) is 3. The van der Waals surface area contributed by atoms with E-state index in [1.807, 2.05) is 6.92 Å². The van der Waals surface area contributed by atoms with Crippen molar-refractivity contribution in [3.8, 4) is 0 Å². The molecule has 41 heavy (non-hydrogen) atoms. The summed E-state index contributed by atoms with van der Waals surface area (Å²) in [5, 5.41) is 33.3. The lowest BCUT2D eigenvalue weighted by molar-refractivity contribution is -0.143. The predicted octanol–water partition coefficient (Wildman–Crippen LogP) is 2.27. The van der Waals surface area contributed by atoms with Crippen LogP contribution in [0.2, 0.25) is 0 Å². The van der Waals surface area contributed by atoms with Crippen LogP contribution in [0.5, 0.6) is 0 Å². The summed E-state index contributed by atoms with van der Waals surface area (Å²) >= 11 is 0. The second-order valence-corrected chi connectivity index (χ2v) is 10.8. The number of hydrazine groups is 1. The largest absolute Gasteiger partial charge is 0.481 e. The summed E-state index contributed by atoms with van der Waals surface area (Å²) in [6, 6.07) is 5.19. The van der Waals surface area contributed by atoms with Crippen molar-refractivity contribution in [2.45, 2.75) is 96.1 Å². The Morgan fingerprint density at radius 2 is 1.78 bits per heavy atom. The van der Waals surface area contributed by atoms with Gasteiger partial charge in [0, 0.05) is 24.7 Å². The van der Waals surface area contributed by atoms with Crippen LogP contribution in [0.3, 0.4) is 0 Å². The molecule has 13 nitrogen and oxygen atoms in total. The van der Waals surface area contributed by atoms with Crippen LogP contribution in [0.15, 0.2) is 42.9 Å². The molecule has 1 aromatic carbocycles. The van der Waals surface area contributed by atoms with E-state index in [0.717, 1.165) is 11.4 Å². The molecule has 0 saturated carbocycles. The number of aliphatic hydroxyl groups is 1. The van der Waals surface area contributed by atoms with Gasteiger partial charge in [-0.3, -0.25) is 9.59 Å². The van der Waals surface area contributed by atoms with Gasteiger partial charge in [-0.25, -0.2) is 25.0 Å². The third kappa shape index (κ3) is 11.6. The number of aromatic nitrogens is 2. The first-order chi connectivity index (χ1) is 19.3. The summed E-state index contributed by atoms with van der Waals surface area (Å²) in [4.78, 5) is 57.5. The summed E-state index contributed by atoms with van der Waals surface area (Å²) in [5.41, 5.74) is 3.07. The first-order valence-electron chi connectivity index (χ1n) is 13.5. The van der Waals surface area contributed by atoms with Crippen LogP contribution < -0.4 is 10.7 Å². The molecule has 2 aromatic rings. The average molecular weight is 576 g/mol. The van der Waals surface area contributed by atoms with Gasteiger partial charge in [0.25, 0.3) is 0 Å². The number of amides is 2. The van der Waals surface area contributed by atoms with Crippen molar-refractivity contribution in [2.75, 3.05) is 0 Å². The van der Waals surface area contributed by atoms with E-state index in [-0.39, 0.29) is 12.8 Å². The van der Waals surface area contributed by atoms with Gasteiger partial charge in [-0.2, -0.15) is 0 Å². The van der Waals surface area contributed by atoms with Gasteiger partial charge in [-0.05, 0) is 32.8 Å². The molecule has 0 spiro atoms. The molecule has 0 aliphatic carbocycles. The van der Waals surface area contributed by atoms with Gasteiger partial charge in [-0.15, -0.1) is 0 Å². The van der Waals surface area contributed by atoms with E-state index in [0.29, 0.717) is 24.1 Å². The van der Waals surface area contributed by atoms with Crippen LogP contribution in [0.4, 0.5) is 4.79 Å². The number of hydrogen-bond donors (Lipinski definition) is 6. The molecule has 6 N–H and O–H groups in total. The zero-order valence-electron chi connectivity index (χ0n) is 23.9. The summed E-state index contributed by atoms with van der Waals surface area (Å²) in [6.07, 6.45) is 1.40. The lowest BCUT2D eigenvalue weighted by atomic mass is 10.0. The van der Waals surface area contributed by atoms with Gasteiger partial charge < -0.3 is 30.4 Å². The Bertz CT molecular complexity index is 1120. The number of rotatable bonds is 16. The average Bonchev–Trinajstić information content (AvgIpc) is 3.39. The van der Waals surface area contributed by atoms with E-state index in [1.54, 1.807) is 51.1 Å². The van der Waals surface area contributed by atoms with Crippen LogP contribution in [0.25, 0.3) is 0 Å². The minimum atomic E-state index is -1.39. The van der Waals surface area contributed by atoms with Gasteiger partial charge in [-0.1, -0.05) is 50.1 Å². The molecule has 0 aliphatic heterocycles. The number of ether oxygens (including phenoxy) is 1. The summed E-state index contributed by atoms with van der Waals surface area (Å²) in [5.74, 6) is -3.31. The van der Waals surface area contributed by atoms with Crippen LogP contribution in [-0.4, -0.2) is 84.1 Å². The van der Waals surface area contributed by atoms with Gasteiger partial charge in [0.05, 0.1) is 24.9 Å². The number of unbranched alkanes of at least 4 members (excludes halogenated alkanes) is 1. The number of H-pyrrole nitrogens is 1. The van der Waals surface area contributed by atoms with Crippen LogP contribution >= 0.6 is 0 Å². The molecule has 2 rings (SSSR count). The smallest absolute Gasteiger partial charge is 0.425 e. The molecule has 226 valence electrons. The number of aliphatic hydroxyl groups excluding tert-OH is 1. The van der Waals surface area contributed by atoms with Crippen molar-refractivity contribution in [2.24, 2.45) is 0 Å². The Balaban J connectivity index is 2.51. The molecule has 1 heterocycles. The number of imidazole rings is 1. The number of aromatic amines is 1. The van der Waals surface area contributed by atoms with E-state index < -0.39 is 60.2 Å². The molecule has 0 radical (unpaired) electrons. The first-order valence-corrected chi connectivity index (χ1v) is 13.5. The van der Waals surface area contributed by atoms with Gasteiger partial charge in [0.2, 0.25) is 5.91 Å². The summed E-state index contributed by atoms with van der Waals surface area (Å²) in [6.45, 7) is 6.86. The fraction of sp³-hybridized carbons (Fsp3) is 0.536. The van der Waals surface area contributed by atoms with Crippen molar-refractivity contribution in [1.82, 2.24) is 25.7 Å². The Hall–Kier alpha value is -3.97. The van der Waals surface area contributed by atoms with Gasteiger partial charge in [0.1, 0.15) is 17.7 Å². The molecular formula is C28H41N5O8. The number of carboxylic acids is 2. The Morgan fingerprint density at radius 1 is 1.10 bits per heavy atom. The SMILES string of the molecule is CCCC[C@H](NN(C(=O)OC(C)(C)C)[C@@H](Cc1ccccc1)C(=O)N[C@@H](Cc1cnc[nH]1)C(=O)O)[C@@H](O)CC(=O)O. The Labute approximate surface area is 239 Å². The highest BCUT2D eigenvalue weighted by atomic mass is 16.6. The summed E-state index contributed by atoms with van der Waals surface area (Å²) < 4.78 is 5.59. The number of hydrogen-bond acceptors (Lipinski definition) is 8.